The Balaban J connectivity index is 1.53. The molecule has 1 fully saturated rings. The van der Waals surface area contributed by atoms with E-state index in [0.29, 0.717) is 22.9 Å². The van der Waals surface area contributed by atoms with Gasteiger partial charge in [0.2, 0.25) is 11.7 Å². The first-order valence-electron chi connectivity index (χ1n) is 7.95. The number of carbonyl (C=O) groups excluding carboxylic acids is 2. The van der Waals surface area contributed by atoms with Gasteiger partial charge in [0.05, 0.1) is 6.54 Å². The summed E-state index contributed by atoms with van der Waals surface area (Å²) in [5.74, 6) is -0.753. The van der Waals surface area contributed by atoms with Crippen molar-refractivity contribution in [3.05, 3.63) is 53.5 Å². The fourth-order valence-corrected chi connectivity index (χ4v) is 2.48. The number of carboxylic acid groups (broad SMARTS) is 1. The molecule has 2 atom stereocenters. The topological polar surface area (TPSA) is 109 Å². The van der Waals surface area contributed by atoms with Crippen molar-refractivity contribution in [2.45, 2.75) is 19.9 Å². The number of aromatic carboxylic acids is 1. The molecule has 7 heteroatoms. The summed E-state index contributed by atoms with van der Waals surface area (Å²) in [6.07, 6.45) is 0.919. The number of amides is 2. The van der Waals surface area contributed by atoms with Crippen LogP contribution in [0.2, 0.25) is 0 Å². The molecule has 2 amide bonds. The largest absolute Gasteiger partial charge is 0.475 e. The molecule has 1 aromatic heterocycles. The van der Waals surface area contributed by atoms with Gasteiger partial charge in [0, 0.05) is 17.2 Å². The molecular weight excluding hydrogens is 324 g/mol. The van der Waals surface area contributed by atoms with Crippen LogP contribution in [0.5, 0.6) is 0 Å². The van der Waals surface area contributed by atoms with Crippen LogP contribution in [0.4, 0.5) is 5.69 Å². The molecule has 0 spiro atoms. The lowest BCUT2D eigenvalue weighted by Gasteiger charge is -2.07. The number of rotatable bonds is 6. The van der Waals surface area contributed by atoms with E-state index in [4.69, 9.17) is 9.52 Å². The molecule has 2 aromatic rings. The minimum absolute atomic E-state index is 0.0109. The minimum Gasteiger partial charge on any atom is -0.475 e. The summed E-state index contributed by atoms with van der Waals surface area (Å²) in [7, 11) is 0. The summed E-state index contributed by atoms with van der Waals surface area (Å²) < 4.78 is 5.07. The van der Waals surface area contributed by atoms with Crippen LogP contribution in [-0.2, 0) is 11.3 Å². The van der Waals surface area contributed by atoms with Crippen LogP contribution < -0.4 is 10.6 Å². The zero-order chi connectivity index (χ0) is 18.0. The van der Waals surface area contributed by atoms with Gasteiger partial charge in [0.25, 0.3) is 5.91 Å². The lowest BCUT2D eigenvalue weighted by atomic mass is 10.2. The number of hydrogen-bond donors (Lipinski definition) is 3. The fourth-order valence-electron chi connectivity index (χ4n) is 2.48. The van der Waals surface area contributed by atoms with E-state index in [1.165, 1.54) is 12.1 Å². The Morgan fingerprint density at radius 3 is 2.40 bits per heavy atom. The Morgan fingerprint density at radius 1 is 1.16 bits per heavy atom. The Morgan fingerprint density at radius 2 is 1.84 bits per heavy atom. The highest BCUT2D eigenvalue weighted by molar-refractivity contribution is 5.97. The lowest BCUT2D eigenvalue weighted by Crippen LogP contribution is -2.22. The van der Waals surface area contributed by atoms with E-state index < -0.39 is 5.97 Å². The summed E-state index contributed by atoms with van der Waals surface area (Å²) in [6, 6.07) is 9.42. The van der Waals surface area contributed by atoms with Crippen molar-refractivity contribution in [2.75, 3.05) is 5.32 Å². The molecule has 0 radical (unpaired) electrons. The molecular formula is C18H18N2O5. The third kappa shape index (κ3) is 4.06. The van der Waals surface area contributed by atoms with Crippen LogP contribution in [0, 0.1) is 11.8 Å². The van der Waals surface area contributed by atoms with Crippen LogP contribution in [0.25, 0.3) is 0 Å². The first kappa shape index (κ1) is 16.8. The molecule has 25 heavy (non-hydrogen) atoms. The highest BCUT2D eigenvalue weighted by atomic mass is 16.4. The molecule has 1 aromatic carbocycles. The first-order valence-corrected chi connectivity index (χ1v) is 7.95. The molecule has 3 rings (SSSR count). The third-order valence-electron chi connectivity index (χ3n) is 4.16. The van der Waals surface area contributed by atoms with Crippen LogP contribution in [0.15, 0.2) is 40.8 Å². The van der Waals surface area contributed by atoms with Gasteiger partial charge in [0.1, 0.15) is 5.76 Å². The number of anilines is 1. The maximum atomic E-state index is 12.1. The van der Waals surface area contributed by atoms with Crippen LogP contribution >= 0.6 is 0 Å². The van der Waals surface area contributed by atoms with E-state index in [2.05, 4.69) is 10.6 Å². The second kappa shape index (κ2) is 6.80. The van der Waals surface area contributed by atoms with Gasteiger partial charge in [-0.1, -0.05) is 6.92 Å². The molecule has 3 N–H and O–H groups in total. The normalized spacial score (nSPS) is 18.4. The zero-order valence-corrected chi connectivity index (χ0v) is 13.6. The van der Waals surface area contributed by atoms with Crippen molar-refractivity contribution in [1.29, 1.82) is 0 Å². The average Bonchev–Trinajstić information content (AvgIpc) is 3.13. The first-order chi connectivity index (χ1) is 11.9. The van der Waals surface area contributed by atoms with Crippen LogP contribution in [0.1, 0.15) is 40.0 Å². The highest BCUT2D eigenvalue weighted by Gasteiger charge is 2.39. The number of carboxylic acids is 1. The number of hydrogen-bond acceptors (Lipinski definition) is 4. The average molecular weight is 342 g/mol. The number of benzene rings is 1. The Labute approximate surface area is 144 Å². The molecule has 1 aliphatic rings. The third-order valence-corrected chi connectivity index (χ3v) is 4.16. The summed E-state index contributed by atoms with van der Waals surface area (Å²) in [4.78, 5) is 34.7. The maximum absolute atomic E-state index is 12.1. The van der Waals surface area contributed by atoms with Gasteiger partial charge in [-0.05, 0) is 48.7 Å². The van der Waals surface area contributed by atoms with Crippen molar-refractivity contribution >= 4 is 23.5 Å². The molecule has 1 aliphatic carbocycles. The molecule has 7 nitrogen and oxygen atoms in total. The van der Waals surface area contributed by atoms with Gasteiger partial charge in [-0.3, -0.25) is 9.59 Å². The zero-order valence-electron chi connectivity index (χ0n) is 13.6. The molecule has 0 bridgehead atoms. The molecule has 2 unspecified atom stereocenters. The minimum atomic E-state index is -1.16. The van der Waals surface area contributed by atoms with Gasteiger partial charge in [-0.15, -0.1) is 0 Å². The molecule has 1 saturated carbocycles. The SMILES string of the molecule is CC1CC1C(=O)Nc1ccc(C(=O)NCc2ccc(C(=O)O)o2)cc1. The van der Waals surface area contributed by atoms with Gasteiger partial charge >= 0.3 is 5.97 Å². The van der Waals surface area contributed by atoms with E-state index >= 15 is 0 Å². The van der Waals surface area contributed by atoms with E-state index in [9.17, 15) is 14.4 Å². The highest BCUT2D eigenvalue weighted by Crippen LogP contribution is 2.38. The monoisotopic (exact) mass is 342 g/mol. The Hall–Kier alpha value is -3.09. The molecule has 130 valence electrons. The predicted molar refractivity (Wildman–Crippen MR) is 89.2 cm³/mol. The van der Waals surface area contributed by atoms with Gasteiger partial charge < -0.3 is 20.2 Å². The van der Waals surface area contributed by atoms with Gasteiger partial charge in [-0.2, -0.15) is 0 Å². The summed E-state index contributed by atoms with van der Waals surface area (Å²) in [6.45, 7) is 2.13. The Kier molecular flexibility index (Phi) is 4.56. The number of nitrogens with one attached hydrogen (secondary N) is 2. The fraction of sp³-hybridized carbons (Fsp3) is 0.278. The van der Waals surface area contributed by atoms with Crippen molar-refractivity contribution in [2.24, 2.45) is 11.8 Å². The van der Waals surface area contributed by atoms with E-state index in [1.54, 1.807) is 24.3 Å². The summed E-state index contributed by atoms with van der Waals surface area (Å²) >= 11 is 0. The smallest absolute Gasteiger partial charge is 0.371 e. The number of carbonyl (C=O) groups is 3. The second-order valence-corrected chi connectivity index (χ2v) is 6.14. The Bertz CT molecular complexity index is 809. The van der Waals surface area contributed by atoms with Crippen molar-refractivity contribution < 1.29 is 23.9 Å². The second-order valence-electron chi connectivity index (χ2n) is 6.14. The quantitative estimate of drug-likeness (QED) is 0.747. The van der Waals surface area contributed by atoms with E-state index in [-0.39, 0.29) is 30.0 Å². The molecule has 0 saturated heterocycles. The van der Waals surface area contributed by atoms with Crippen molar-refractivity contribution in [3.63, 3.8) is 0 Å². The summed E-state index contributed by atoms with van der Waals surface area (Å²) in [5, 5.41) is 14.3. The lowest BCUT2D eigenvalue weighted by molar-refractivity contribution is -0.117. The maximum Gasteiger partial charge on any atom is 0.371 e. The van der Waals surface area contributed by atoms with Crippen LogP contribution in [-0.4, -0.2) is 22.9 Å². The standard InChI is InChI=1S/C18H18N2O5/c1-10-8-14(10)17(22)20-12-4-2-11(3-5-12)16(21)19-9-13-6-7-15(25-13)18(23)24/h2-7,10,14H,8-9H2,1H3,(H,19,21)(H,20,22)(H,23,24). The van der Waals surface area contributed by atoms with Crippen molar-refractivity contribution in [1.82, 2.24) is 5.32 Å². The van der Waals surface area contributed by atoms with Gasteiger partial charge in [0.15, 0.2) is 0 Å². The van der Waals surface area contributed by atoms with E-state index in [1.807, 2.05) is 6.92 Å². The predicted octanol–water partition coefficient (Wildman–Crippen LogP) is 2.50. The van der Waals surface area contributed by atoms with E-state index in [0.717, 1.165) is 6.42 Å². The van der Waals surface area contributed by atoms with Crippen molar-refractivity contribution in [3.8, 4) is 0 Å². The summed E-state index contributed by atoms with van der Waals surface area (Å²) in [5.41, 5.74) is 1.08. The number of furan rings is 1. The van der Waals surface area contributed by atoms with Gasteiger partial charge in [-0.25, -0.2) is 4.79 Å². The van der Waals surface area contributed by atoms with Crippen LogP contribution in [0.3, 0.4) is 0 Å². The molecule has 1 heterocycles. The molecule has 0 aliphatic heterocycles.